The molecule has 0 spiro atoms. The molecule has 33 heavy (non-hydrogen) atoms. The van der Waals surface area contributed by atoms with Crippen LogP contribution in [0.2, 0.25) is 0 Å². The van der Waals surface area contributed by atoms with E-state index in [-0.39, 0.29) is 17.6 Å². The van der Waals surface area contributed by atoms with Crippen molar-refractivity contribution >= 4 is 34.7 Å². The van der Waals surface area contributed by atoms with Crippen LogP contribution in [-0.4, -0.2) is 24.2 Å². The van der Waals surface area contributed by atoms with Gasteiger partial charge in [-0.05, 0) is 54.8 Å². The quantitative estimate of drug-likeness (QED) is 0.324. The summed E-state index contributed by atoms with van der Waals surface area (Å²) in [7, 11) is 0. The number of amidine groups is 1. The monoisotopic (exact) mass is 441 g/mol. The molecular formula is C26H27N5O2. The minimum absolute atomic E-state index is 0.0355. The van der Waals surface area contributed by atoms with Gasteiger partial charge in [0.15, 0.2) is 0 Å². The first-order valence-electron chi connectivity index (χ1n) is 11.0. The molecule has 168 valence electrons. The van der Waals surface area contributed by atoms with Gasteiger partial charge in [-0.3, -0.25) is 15.0 Å². The minimum atomic E-state index is -0.656. The van der Waals surface area contributed by atoms with Crippen LogP contribution in [-0.2, 0) is 9.59 Å². The third kappa shape index (κ3) is 5.38. The molecule has 4 rings (SSSR count). The van der Waals surface area contributed by atoms with E-state index in [9.17, 15) is 9.59 Å². The van der Waals surface area contributed by atoms with Crippen LogP contribution in [0.1, 0.15) is 36.4 Å². The number of benzene rings is 3. The number of anilines is 3. The van der Waals surface area contributed by atoms with Gasteiger partial charge in [-0.2, -0.15) is 0 Å². The lowest BCUT2D eigenvalue weighted by molar-refractivity contribution is -0.119. The van der Waals surface area contributed by atoms with Crippen LogP contribution in [0.4, 0.5) is 17.1 Å². The van der Waals surface area contributed by atoms with Crippen molar-refractivity contribution in [2.45, 2.75) is 25.3 Å². The zero-order chi connectivity index (χ0) is 23.2. The average molecular weight is 442 g/mol. The van der Waals surface area contributed by atoms with E-state index < -0.39 is 6.04 Å². The highest BCUT2D eigenvalue weighted by Crippen LogP contribution is 2.25. The first-order chi connectivity index (χ1) is 16.0. The molecule has 0 saturated carbocycles. The van der Waals surface area contributed by atoms with Crippen molar-refractivity contribution < 1.29 is 9.59 Å². The van der Waals surface area contributed by atoms with E-state index in [1.54, 1.807) is 23.1 Å². The highest BCUT2D eigenvalue weighted by Gasteiger charge is 2.22. The summed E-state index contributed by atoms with van der Waals surface area (Å²) in [6, 6.07) is 23.2. The van der Waals surface area contributed by atoms with Gasteiger partial charge in [0, 0.05) is 35.6 Å². The van der Waals surface area contributed by atoms with Gasteiger partial charge in [-0.15, -0.1) is 0 Å². The van der Waals surface area contributed by atoms with Crippen LogP contribution in [0.5, 0.6) is 0 Å². The Balaban J connectivity index is 1.52. The Labute approximate surface area is 193 Å². The van der Waals surface area contributed by atoms with Crippen molar-refractivity contribution in [2.75, 3.05) is 22.1 Å². The Morgan fingerprint density at radius 3 is 2.39 bits per heavy atom. The standard InChI is InChI=1S/C26H27N5O2/c27-25(28)19-9-6-10-21(17-19)29-24(18-7-2-1-3-8-18)26(33)30-20-12-14-22(15-13-20)31-16-5-4-11-23(31)32/h1-3,6-10,12-15,17,24,29H,4-5,11,16H2,(H3,27,28)(H,30,33). The zero-order valence-corrected chi connectivity index (χ0v) is 18.3. The summed E-state index contributed by atoms with van der Waals surface area (Å²) in [6.07, 6.45) is 2.51. The Bertz CT molecular complexity index is 1140. The van der Waals surface area contributed by atoms with Crippen LogP contribution in [0.3, 0.4) is 0 Å². The number of piperidine rings is 1. The predicted octanol–water partition coefficient (Wildman–Crippen LogP) is 4.28. The summed E-state index contributed by atoms with van der Waals surface area (Å²) in [5, 5.41) is 13.9. The minimum Gasteiger partial charge on any atom is -0.384 e. The van der Waals surface area contributed by atoms with E-state index in [0.29, 0.717) is 23.4 Å². The molecule has 1 aliphatic heterocycles. The molecule has 7 heteroatoms. The molecule has 0 aromatic heterocycles. The fourth-order valence-corrected chi connectivity index (χ4v) is 3.91. The average Bonchev–Trinajstić information content (AvgIpc) is 2.84. The van der Waals surface area contributed by atoms with Crippen LogP contribution in [0, 0.1) is 5.41 Å². The van der Waals surface area contributed by atoms with Crippen molar-refractivity contribution in [1.82, 2.24) is 0 Å². The second-order valence-corrected chi connectivity index (χ2v) is 8.02. The third-order valence-electron chi connectivity index (χ3n) is 5.65. The number of nitrogen functional groups attached to an aromatic ring is 1. The largest absolute Gasteiger partial charge is 0.384 e. The van der Waals surface area contributed by atoms with Gasteiger partial charge < -0.3 is 21.3 Å². The molecule has 3 aromatic carbocycles. The van der Waals surface area contributed by atoms with E-state index in [1.165, 1.54) is 0 Å². The Kier molecular flexibility index (Phi) is 6.69. The molecule has 1 heterocycles. The third-order valence-corrected chi connectivity index (χ3v) is 5.65. The molecule has 1 atom stereocenters. The molecule has 7 nitrogen and oxygen atoms in total. The first kappa shape index (κ1) is 22.1. The summed E-state index contributed by atoms with van der Waals surface area (Å²) in [5.74, 6) is -0.123. The Morgan fingerprint density at radius 1 is 0.939 bits per heavy atom. The second-order valence-electron chi connectivity index (χ2n) is 8.02. The molecule has 0 radical (unpaired) electrons. The van der Waals surface area contributed by atoms with E-state index in [4.69, 9.17) is 11.1 Å². The van der Waals surface area contributed by atoms with Gasteiger partial charge in [0.1, 0.15) is 11.9 Å². The van der Waals surface area contributed by atoms with Gasteiger partial charge in [-0.1, -0.05) is 42.5 Å². The maximum absolute atomic E-state index is 13.3. The number of nitrogens with two attached hydrogens (primary N) is 1. The molecule has 0 bridgehead atoms. The van der Waals surface area contributed by atoms with E-state index in [0.717, 1.165) is 30.6 Å². The number of amides is 2. The SMILES string of the molecule is N=C(N)c1cccc(NC(C(=O)Nc2ccc(N3CCCCC3=O)cc2)c2ccccc2)c1. The molecule has 1 fully saturated rings. The van der Waals surface area contributed by atoms with Crippen molar-refractivity contribution in [3.8, 4) is 0 Å². The molecule has 1 unspecified atom stereocenters. The number of carbonyl (C=O) groups is 2. The number of hydrogen-bond donors (Lipinski definition) is 4. The summed E-state index contributed by atoms with van der Waals surface area (Å²) in [6.45, 7) is 0.726. The maximum Gasteiger partial charge on any atom is 0.251 e. The van der Waals surface area contributed by atoms with Crippen molar-refractivity contribution in [3.05, 3.63) is 90.0 Å². The van der Waals surface area contributed by atoms with Crippen molar-refractivity contribution in [2.24, 2.45) is 5.73 Å². The fourth-order valence-electron chi connectivity index (χ4n) is 3.91. The van der Waals surface area contributed by atoms with Gasteiger partial charge in [-0.25, -0.2) is 0 Å². The highest BCUT2D eigenvalue weighted by atomic mass is 16.2. The smallest absolute Gasteiger partial charge is 0.251 e. The number of nitrogens with one attached hydrogen (secondary N) is 3. The van der Waals surface area contributed by atoms with Crippen LogP contribution < -0.4 is 21.3 Å². The lowest BCUT2D eigenvalue weighted by Gasteiger charge is -2.27. The molecule has 5 N–H and O–H groups in total. The number of carbonyl (C=O) groups excluding carboxylic acids is 2. The Morgan fingerprint density at radius 2 is 1.70 bits per heavy atom. The number of nitrogens with zero attached hydrogens (tertiary/aromatic N) is 1. The van der Waals surface area contributed by atoms with Crippen molar-refractivity contribution in [1.29, 1.82) is 5.41 Å². The van der Waals surface area contributed by atoms with Crippen LogP contribution in [0.15, 0.2) is 78.9 Å². The van der Waals surface area contributed by atoms with Gasteiger partial charge in [0.2, 0.25) is 5.91 Å². The predicted molar refractivity (Wildman–Crippen MR) is 132 cm³/mol. The van der Waals surface area contributed by atoms with E-state index in [1.807, 2.05) is 60.7 Å². The van der Waals surface area contributed by atoms with Crippen LogP contribution >= 0.6 is 0 Å². The Hall–Kier alpha value is -4.13. The number of hydrogen-bond acceptors (Lipinski definition) is 4. The van der Waals surface area contributed by atoms with Crippen molar-refractivity contribution in [3.63, 3.8) is 0 Å². The first-order valence-corrected chi connectivity index (χ1v) is 11.0. The molecule has 1 aliphatic rings. The summed E-state index contributed by atoms with van der Waals surface area (Å²) < 4.78 is 0. The highest BCUT2D eigenvalue weighted by molar-refractivity contribution is 5.99. The fraction of sp³-hybridized carbons (Fsp3) is 0.192. The van der Waals surface area contributed by atoms with E-state index in [2.05, 4.69) is 10.6 Å². The van der Waals surface area contributed by atoms with E-state index >= 15 is 0 Å². The molecule has 2 amide bonds. The summed E-state index contributed by atoms with van der Waals surface area (Å²) in [4.78, 5) is 27.2. The van der Waals surface area contributed by atoms with Gasteiger partial charge in [0.25, 0.3) is 5.91 Å². The molecular weight excluding hydrogens is 414 g/mol. The van der Waals surface area contributed by atoms with Gasteiger partial charge >= 0.3 is 0 Å². The summed E-state index contributed by atoms with van der Waals surface area (Å²) >= 11 is 0. The molecule has 3 aromatic rings. The molecule has 0 aliphatic carbocycles. The zero-order valence-electron chi connectivity index (χ0n) is 18.3. The second kappa shape index (κ2) is 9.99. The topological polar surface area (TPSA) is 111 Å². The number of rotatable bonds is 7. The van der Waals surface area contributed by atoms with Crippen LogP contribution in [0.25, 0.3) is 0 Å². The lowest BCUT2D eigenvalue weighted by Crippen LogP contribution is -2.35. The normalized spacial score (nSPS) is 14.4. The lowest BCUT2D eigenvalue weighted by atomic mass is 10.0. The maximum atomic E-state index is 13.3. The summed E-state index contributed by atoms with van der Waals surface area (Å²) in [5.41, 5.74) is 9.17. The molecule has 1 saturated heterocycles. The van der Waals surface area contributed by atoms with Gasteiger partial charge in [0.05, 0.1) is 0 Å².